The maximum absolute atomic E-state index is 10.8. The third-order valence-corrected chi connectivity index (χ3v) is 2.13. The zero-order chi connectivity index (χ0) is 9.30. The highest BCUT2D eigenvalue weighted by Crippen LogP contribution is 2.16. The number of amides is 1. The molecular weight excluding hydrogens is 178 g/mol. The van der Waals surface area contributed by atoms with Crippen LogP contribution in [0.5, 0.6) is 0 Å². The first-order valence-electron chi connectivity index (χ1n) is 3.53. The molecule has 0 saturated heterocycles. The van der Waals surface area contributed by atoms with Gasteiger partial charge >= 0.3 is 0 Å². The van der Waals surface area contributed by atoms with Crippen molar-refractivity contribution in [3.05, 3.63) is 16.9 Å². The van der Waals surface area contributed by atoms with Gasteiger partial charge in [0.05, 0.1) is 16.9 Å². The van der Waals surface area contributed by atoms with E-state index in [1.807, 2.05) is 0 Å². The summed E-state index contributed by atoms with van der Waals surface area (Å²) < 4.78 is 1.50. The third-order valence-electron chi connectivity index (χ3n) is 1.76. The van der Waals surface area contributed by atoms with Crippen LogP contribution < -0.4 is 5.73 Å². The molecule has 0 aliphatic rings. The normalized spacial score (nSPS) is 12.9. The lowest BCUT2D eigenvalue weighted by molar-refractivity contribution is -0.121. The van der Waals surface area contributed by atoms with Crippen LogP contribution in [0.2, 0.25) is 5.02 Å². The van der Waals surface area contributed by atoms with Crippen LogP contribution in [0.4, 0.5) is 0 Å². The van der Waals surface area contributed by atoms with Gasteiger partial charge < -0.3 is 5.73 Å². The quantitative estimate of drug-likeness (QED) is 0.748. The first-order chi connectivity index (χ1) is 5.54. The predicted octanol–water partition coefficient (Wildman–Crippen LogP) is 0.891. The molecule has 1 aromatic rings. The number of hydrogen-bond acceptors (Lipinski definition) is 2. The second kappa shape index (κ2) is 3.15. The summed E-state index contributed by atoms with van der Waals surface area (Å²) in [6.07, 6.45) is 1.50. The second-order valence-electron chi connectivity index (χ2n) is 2.60. The average molecular weight is 188 g/mol. The minimum Gasteiger partial charge on any atom is -0.368 e. The van der Waals surface area contributed by atoms with E-state index in [0.29, 0.717) is 5.02 Å². The minimum atomic E-state index is -0.447. The van der Waals surface area contributed by atoms with Crippen LogP contribution in [-0.2, 0) is 4.79 Å². The third kappa shape index (κ3) is 1.43. The largest absolute Gasteiger partial charge is 0.368 e. The number of hydrogen-bond donors (Lipinski definition) is 1. The van der Waals surface area contributed by atoms with E-state index in [-0.39, 0.29) is 0 Å². The van der Waals surface area contributed by atoms with Gasteiger partial charge in [0.25, 0.3) is 0 Å². The van der Waals surface area contributed by atoms with E-state index in [2.05, 4.69) is 5.10 Å². The van der Waals surface area contributed by atoms with Crippen LogP contribution >= 0.6 is 11.6 Å². The smallest absolute Gasteiger partial charge is 0.242 e. The summed E-state index contributed by atoms with van der Waals surface area (Å²) in [6.45, 7) is 3.47. The summed E-state index contributed by atoms with van der Waals surface area (Å²) in [6, 6.07) is -0.447. The van der Waals surface area contributed by atoms with E-state index in [1.165, 1.54) is 10.9 Å². The van der Waals surface area contributed by atoms with E-state index in [1.54, 1.807) is 13.8 Å². The molecule has 0 bridgehead atoms. The van der Waals surface area contributed by atoms with E-state index in [0.717, 1.165) is 5.69 Å². The van der Waals surface area contributed by atoms with Gasteiger partial charge in [0, 0.05) is 0 Å². The molecule has 1 heterocycles. The fourth-order valence-electron chi connectivity index (χ4n) is 0.913. The topological polar surface area (TPSA) is 60.9 Å². The van der Waals surface area contributed by atoms with Gasteiger partial charge in [0.15, 0.2) is 0 Å². The zero-order valence-electron chi connectivity index (χ0n) is 6.91. The van der Waals surface area contributed by atoms with Crippen molar-refractivity contribution in [2.24, 2.45) is 5.73 Å². The molecule has 0 aliphatic heterocycles. The lowest BCUT2D eigenvalue weighted by Gasteiger charge is -2.09. The van der Waals surface area contributed by atoms with Gasteiger partial charge in [0.2, 0.25) is 5.91 Å². The van der Waals surface area contributed by atoms with Gasteiger partial charge in [-0.2, -0.15) is 5.10 Å². The molecule has 0 unspecified atom stereocenters. The second-order valence-corrected chi connectivity index (χ2v) is 3.01. The van der Waals surface area contributed by atoms with Crippen molar-refractivity contribution in [2.75, 3.05) is 0 Å². The van der Waals surface area contributed by atoms with Crippen molar-refractivity contribution < 1.29 is 4.79 Å². The first kappa shape index (κ1) is 9.06. The summed E-state index contributed by atoms with van der Waals surface area (Å²) in [5, 5.41) is 4.46. The van der Waals surface area contributed by atoms with Crippen LogP contribution in [0.15, 0.2) is 6.20 Å². The maximum atomic E-state index is 10.8. The van der Waals surface area contributed by atoms with E-state index in [4.69, 9.17) is 17.3 Å². The van der Waals surface area contributed by atoms with Crippen LogP contribution in [0.3, 0.4) is 0 Å². The molecule has 1 atom stereocenters. The molecule has 5 heteroatoms. The van der Waals surface area contributed by atoms with Crippen LogP contribution in [0, 0.1) is 6.92 Å². The highest BCUT2D eigenvalue weighted by molar-refractivity contribution is 6.31. The number of halogens is 1. The molecule has 1 rings (SSSR count). The summed E-state index contributed by atoms with van der Waals surface area (Å²) in [5.41, 5.74) is 5.86. The summed E-state index contributed by atoms with van der Waals surface area (Å²) in [5.74, 6) is -0.419. The number of carbonyl (C=O) groups excluding carboxylic acids is 1. The lowest BCUT2D eigenvalue weighted by atomic mass is 10.3. The van der Waals surface area contributed by atoms with Crippen LogP contribution in [0.25, 0.3) is 0 Å². The molecule has 0 aromatic carbocycles. The highest BCUT2D eigenvalue weighted by atomic mass is 35.5. The van der Waals surface area contributed by atoms with E-state index in [9.17, 15) is 4.79 Å². The Morgan fingerprint density at radius 3 is 2.75 bits per heavy atom. The minimum absolute atomic E-state index is 0.419. The Kier molecular flexibility index (Phi) is 2.38. The number of rotatable bonds is 2. The van der Waals surface area contributed by atoms with Crippen molar-refractivity contribution in [1.29, 1.82) is 0 Å². The molecule has 66 valence electrons. The van der Waals surface area contributed by atoms with Gasteiger partial charge in [-0.05, 0) is 13.8 Å². The SMILES string of the molecule is Cc1c(Cl)cnn1[C@H](C)C(N)=O. The van der Waals surface area contributed by atoms with E-state index >= 15 is 0 Å². The molecular formula is C7H10ClN3O. The molecule has 1 aromatic heterocycles. The molecule has 2 N–H and O–H groups in total. The highest BCUT2D eigenvalue weighted by Gasteiger charge is 2.14. The molecule has 0 saturated carbocycles. The summed E-state index contributed by atoms with van der Waals surface area (Å²) in [7, 11) is 0. The molecule has 0 spiro atoms. The van der Waals surface area contributed by atoms with E-state index < -0.39 is 11.9 Å². The van der Waals surface area contributed by atoms with Gasteiger partial charge in [-0.3, -0.25) is 9.48 Å². The zero-order valence-corrected chi connectivity index (χ0v) is 7.67. The van der Waals surface area contributed by atoms with Crippen molar-refractivity contribution in [3.8, 4) is 0 Å². The number of nitrogens with zero attached hydrogens (tertiary/aromatic N) is 2. The van der Waals surface area contributed by atoms with Gasteiger partial charge in [-0.15, -0.1) is 0 Å². The molecule has 1 amide bonds. The monoisotopic (exact) mass is 187 g/mol. The molecule has 0 aliphatic carbocycles. The Morgan fingerprint density at radius 2 is 2.42 bits per heavy atom. The fourth-order valence-corrected chi connectivity index (χ4v) is 1.04. The van der Waals surface area contributed by atoms with Crippen molar-refractivity contribution >= 4 is 17.5 Å². The Morgan fingerprint density at radius 1 is 1.83 bits per heavy atom. The number of nitrogens with two attached hydrogens (primary N) is 1. The Hall–Kier alpha value is -1.03. The first-order valence-corrected chi connectivity index (χ1v) is 3.90. The van der Waals surface area contributed by atoms with Crippen LogP contribution in [-0.4, -0.2) is 15.7 Å². The van der Waals surface area contributed by atoms with Gasteiger partial charge in [0.1, 0.15) is 6.04 Å². The Bertz CT molecular complexity index is 308. The van der Waals surface area contributed by atoms with Gasteiger partial charge in [-0.1, -0.05) is 11.6 Å². The Labute approximate surface area is 75.3 Å². The predicted molar refractivity (Wildman–Crippen MR) is 45.9 cm³/mol. The van der Waals surface area contributed by atoms with Crippen molar-refractivity contribution in [3.63, 3.8) is 0 Å². The number of carbonyl (C=O) groups is 1. The average Bonchev–Trinajstić information content (AvgIpc) is 2.32. The van der Waals surface area contributed by atoms with Crippen LogP contribution in [0.1, 0.15) is 18.7 Å². The number of aromatic nitrogens is 2. The summed E-state index contributed by atoms with van der Waals surface area (Å²) >= 11 is 5.74. The lowest BCUT2D eigenvalue weighted by Crippen LogP contribution is -2.25. The van der Waals surface area contributed by atoms with Crippen molar-refractivity contribution in [2.45, 2.75) is 19.9 Å². The maximum Gasteiger partial charge on any atom is 0.242 e. The van der Waals surface area contributed by atoms with Gasteiger partial charge in [-0.25, -0.2) is 0 Å². The molecule has 12 heavy (non-hydrogen) atoms. The fraction of sp³-hybridized carbons (Fsp3) is 0.429. The Balaban J connectivity index is 3.03. The standard InChI is InChI=1S/C7H10ClN3O/c1-4-6(8)3-10-11(4)5(2)7(9)12/h3,5H,1-2H3,(H2,9,12)/t5-/m1/s1. The molecule has 0 radical (unpaired) electrons. The van der Waals surface area contributed by atoms with Crippen molar-refractivity contribution in [1.82, 2.24) is 9.78 Å². The summed E-state index contributed by atoms with van der Waals surface area (Å²) in [4.78, 5) is 10.8. The number of primary amides is 1. The molecule has 0 fully saturated rings. The molecule has 4 nitrogen and oxygen atoms in total.